The maximum absolute atomic E-state index is 13.7. The second-order valence-corrected chi connectivity index (χ2v) is 8.56. The number of aryl methyl sites for hydroxylation is 1. The first kappa shape index (κ1) is 18.9. The number of benzene rings is 3. The number of anilines is 1. The van der Waals surface area contributed by atoms with Crippen LogP contribution in [0.4, 0.5) is 5.13 Å². The molecule has 0 aliphatic heterocycles. The van der Waals surface area contributed by atoms with Crippen LogP contribution in [-0.2, 0) is 6.54 Å². The van der Waals surface area contributed by atoms with E-state index in [1.165, 1.54) is 11.3 Å². The Morgan fingerprint density at radius 3 is 2.67 bits per heavy atom. The lowest BCUT2D eigenvalue weighted by atomic mass is 10.1. The summed E-state index contributed by atoms with van der Waals surface area (Å²) in [6.07, 6.45) is 1.78. The van der Waals surface area contributed by atoms with Crippen molar-refractivity contribution in [2.75, 3.05) is 4.90 Å². The van der Waals surface area contributed by atoms with Crippen LogP contribution in [0.5, 0.6) is 0 Å². The third-order valence-electron chi connectivity index (χ3n) is 5.22. The summed E-state index contributed by atoms with van der Waals surface area (Å²) in [5.41, 5.74) is 4.38. The number of para-hydroxylation sites is 1. The Bertz CT molecular complexity index is 1370. The van der Waals surface area contributed by atoms with E-state index in [1.54, 1.807) is 11.1 Å². The van der Waals surface area contributed by atoms with Crippen LogP contribution < -0.4 is 4.90 Å². The standard InChI is InChI=1S/C24H18ClN3OS/c1-15-19(25)11-12-21-22(15)27-24(30-21)28(14-16-7-3-2-4-8-16)23(29)18-13-26-20-10-6-5-9-17(18)20/h2-13,26H,14H2,1H3. The normalized spacial score (nSPS) is 11.3. The van der Waals surface area contributed by atoms with E-state index in [2.05, 4.69) is 4.98 Å². The van der Waals surface area contributed by atoms with Crippen LogP contribution in [0.15, 0.2) is 72.9 Å². The second kappa shape index (κ2) is 7.59. The lowest BCUT2D eigenvalue weighted by Crippen LogP contribution is -2.30. The Morgan fingerprint density at radius 1 is 1.07 bits per heavy atom. The molecule has 0 spiro atoms. The van der Waals surface area contributed by atoms with E-state index in [4.69, 9.17) is 16.6 Å². The molecule has 0 saturated carbocycles. The third kappa shape index (κ3) is 3.26. The van der Waals surface area contributed by atoms with Gasteiger partial charge in [-0.25, -0.2) is 4.98 Å². The zero-order chi connectivity index (χ0) is 20.7. The molecule has 5 aromatic rings. The number of amides is 1. The summed E-state index contributed by atoms with van der Waals surface area (Å²) in [7, 11) is 0. The lowest BCUT2D eigenvalue weighted by molar-refractivity contribution is 0.0986. The van der Waals surface area contributed by atoms with Crippen molar-refractivity contribution in [2.45, 2.75) is 13.5 Å². The molecule has 0 unspecified atom stereocenters. The van der Waals surface area contributed by atoms with Gasteiger partial charge in [-0.15, -0.1) is 0 Å². The van der Waals surface area contributed by atoms with Gasteiger partial charge in [0.1, 0.15) is 0 Å². The van der Waals surface area contributed by atoms with E-state index >= 15 is 0 Å². The van der Waals surface area contributed by atoms with Gasteiger partial charge in [0.05, 0.1) is 22.3 Å². The molecule has 3 aromatic carbocycles. The van der Waals surface area contributed by atoms with Gasteiger partial charge >= 0.3 is 0 Å². The molecule has 2 aromatic heterocycles. The summed E-state index contributed by atoms with van der Waals surface area (Å²) in [4.78, 5) is 23.5. The van der Waals surface area contributed by atoms with Crippen LogP contribution in [0.1, 0.15) is 21.5 Å². The minimum atomic E-state index is -0.0842. The topological polar surface area (TPSA) is 49.0 Å². The van der Waals surface area contributed by atoms with Crippen LogP contribution in [0.25, 0.3) is 21.1 Å². The van der Waals surface area contributed by atoms with Crippen LogP contribution >= 0.6 is 22.9 Å². The molecule has 4 nitrogen and oxygen atoms in total. The molecular weight excluding hydrogens is 414 g/mol. The van der Waals surface area contributed by atoms with Crippen LogP contribution in [-0.4, -0.2) is 15.9 Å². The average molecular weight is 432 g/mol. The zero-order valence-electron chi connectivity index (χ0n) is 16.2. The molecule has 0 fully saturated rings. The SMILES string of the molecule is Cc1c(Cl)ccc2sc(N(Cc3ccccc3)C(=O)c3c[nH]c4ccccc34)nc12. The highest BCUT2D eigenvalue weighted by Crippen LogP contribution is 2.35. The minimum Gasteiger partial charge on any atom is -0.360 e. The van der Waals surface area contributed by atoms with Crippen LogP contribution in [0, 0.1) is 6.92 Å². The van der Waals surface area contributed by atoms with Gasteiger partial charge in [-0.3, -0.25) is 9.69 Å². The number of halogens is 1. The smallest absolute Gasteiger partial charge is 0.262 e. The number of hydrogen-bond acceptors (Lipinski definition) is 3. The van der Waals surface area contributed by atoms with Gasteiger partial charge in [-0.1, -0.05) is 71.5 Å². The molecule has 0 aliphatic rings. The lowest BCUT2D eigenvalue weighted by Gasteiger charge is -2.20. The molecule has 0 atom stereocenters. The number of thiazole rings is 1. The number of nitrogens with one attached hydrogen (secondary N) is 1. The number of H-pyrrole nitrogens is 1. The summed E-state index contributed by atoms with van der Waals surface area (Å²) in [5.74, 6) is -0.0842. The number of hydrogen-bond donors (Lipinski definition) is 1. The first-order valence-corrected chi connectivity index (χ1v) is 10.8. The third-order valence-corrected chi connectivity index (χ3v) is 6.67. The summed E-state index contributed by atoms with van der Waals surface area (Å²) >= 11 is 7.80. The van der Waals surface area contributed by atoms with Crippen molar-refractivity contribution in [3.05, 3.63) is 94.6 Å². The monoisotopic (exact) mass is 431 g/mol. The molecule has 0 saturated heterocycles. The highest BCUT2D eigenvalue weighted by atomic mass is 35.5. The van der Waals surface area contributed by atoms with E-state index < -0.39 is 0 Å². The molecule has 148 valence electrons. The molecule has 2 heterocycles. The fraction of sp³-hybridized carbons (Fsp3) is 0.0833. The molecule has 6 heteroatoms. The van der Waals surface area contributed by atoms with Crippen molar-refractivity contribution in [3.63, 3.8) is 0 Å². The van der Waals surface area contributed by atoms with Crippen LogP contribution in [0.3, 0.4) is 0 Å². The molecule has 1 amide bonds. The van der Waals surface area contributed by atoms with Gasteiger partial charge in [-0.05, 0) is 36.2 Å². The maximum atomic E-state index is 13.7. The van der Waals surface area contributed by atoms with E-state index in [1.807, 2.05) is 73.7 Å². The fourth-order valence-corrected chi connectivity index (χ4v) is 4.77. The molecule has 0 radical (unpaired) electrons. The zero-order valence-corrected chi connectivity index (χ0v) is 17.8. The van der Waals surface area contributed by atoms with E-state index in [9.17, 15) is 4.79 Å². The summed E-state index contributed by atoms with van der Waals surface area (Å²) in [6, 6.07) is 21.6. The number of fused-ring (bicyclic) bond motifs is 2. The maximum Gasteiger partial charge on any atom is 0.262 e. The Balaban J connectivity index is 1.64. The highest BCUT2D eigenvalue weighted by Gasteiger charge is 2.24. The number of rotatable bonds is 4. The Morgan fingerprint density at radius 2 is 1.83 bits per heavy atom. The van der Waals surface area contributed by atoms with Crippen LogP contribution in [0.2, 0.25) is 5.02 Å². The molecule has 1 N–H and O–H groups in total. The quantitative estimate of drug-likeness (QED) is 0.349. The molecule has 0 aliphatic carbocycles. The highest BCUT2D eigenvalue weighted by molar-refractivity contribution is 7.22. The predicted molar refractivity (Wildman–Crippen MR) is 125 cm³/mol. The molecule has 0 bridgehead atoms. The Kier molecular flexibility index (Phi) is 4.77. The largest absolute Gasteiger partial charge is 0.360 e. The molecule has 5 rings (SSSR count). The van der Waals surface area contributed by atoms with Crippen molar-refractivity contribution < 1.29 is 4.79 Å². The van der Waals surface area contributed by atoms with E-state index in [-0.39, 0.29) is 5.91 Å². The predicted octanol–water partition coefficient (Wildman–Crippen LogP) is 6.59. The fourth-order valence-electron chi connectivity index (χ4n) is 3.59. The van der Waals surface area contributed by atoms with E-state index in [0.29, 0.717) is 22.3 Å². The molecule has 30 heavy (non-hydrogen) atoms. The Hall–Kier alpha value is -3.15. The van der Waals surface area contributed by atoms with Gasteiger partial charge in [0.25, 0.3) is 5.91 Å². The van der Waals surface area contributed by atoms with Crippen molar-refractivity contribution in [3.8, 4) is 0 Å². The van der Waals surface area contributed by atoms with Gasteiger partial charge in [0.2, 0.25) is 0 Å². The van der Waals surface area contributed by atoms with Crippen molar-refractivity contribution in [1.82, 2.24) is 9.97 Å². The van der Waals surface area contributed by atoms with Crippen molar-refractivity contribution in [1.29, 1.82) is 0 Å². The van der Waals surface area contributed by atoms with Gasteiger partial charge in [-0.2, -0.15) is 0 Å². The number of nitrogens with zero attached hydrogens (tertiary/aromatic N) is 2. The first-order chi connectivity index (χ1) is 14.6. The number of aromatic nitrogens is 2. The molecular formula is C24H18ClN3OS. The van der Waals surface area contributed by atoms with Crippen molar-refractivity contribution in [2.24, 2.45) is 0 Å². The number of carbonyl (C=O) groups excluding carboxylic acids is 1. The van der Waals surface area contributed by atoms with Crippen molar-refractivity contribution >= 4 is 55.1 Å². The van der Waals surface area contributed by atoms with Gasteiger partial charge in [0, 0.05) is 22.1 Å². The average Bonchev–Trinajstić information content (AvgIpc) is 3.40. The first-order valence-electron chi connectivity index (χ1n) is 9.59. The Labute approximate surface area is 182 Å². The van der Waals surface area contributed by atoms with E-state index in [0.717, 1.165) is 32.2 Å². The number of carbonyl (C=O) groups is 1. The second-order valence-electron chi connectivity index (χ2n) is 7.14. The summed E-state index contributed by atoms with van der Waals surface area (Å²) in [6.45, 7) is 2.39. The minimum absolute atomic E-state index is 0.0842. The summed E-state index contributed by atoms with van der Waals surface area (Å²) < 4.78 is 1.01. The van der Waals surface area contributed by atoms with Gasteiger partial charge in [0.15, 0.2) is 5.13 Å². The van der Waals surface area contributed by atoms with Gasteiger partial charge < -0.3 is 4.98 Å². The number of aromatic amines is 1. The summed E-state index contributed by atoms with van der Waals surface area (Å²) in [5, 5.41) is 2.24.